The Bertz CT molecular complexity index is 979. The predicted molar refractivity (Wildman–Crippen MR) is 91.3 cm³/mol. The second kappa shape index (κ2) is 6.76. The van der Waals surface area contributed by atoms with Crippen LogP contribution in [-0.4, -0.2) is 13.0 Å². The number of halogens is 1. The molecule has 6 heteroatoms. The summed E-state index contributed by atoms with van der Waals surface area (Å²) in [6.07, 6.45) is 0. The Morgan fingerprint density at radius 3 is 2.60 bits per heavy atom. The monoisotopic (exact) mass is 341 g/mol. The van der Waals surface area contributed by atoms with E-state index in [1.54, 1.807) is 37.3 Å². The van der Waals surface area contributed by atoms with Gasteiger partial charge in [0, 0.05) is 5.39 Å². The molecule has 1 unspecified atom stereocenters. The zero-order valence-corrected chi connectivity index (χ0v) is 13.7. The minimum Gasteiger partial charge on any atom is -0.493 e. The summed E-state index contributed by atoms with van der Waals surface area (Å²) in [4.78, 5) is 24.6. The predicted octanol–water partition coefficient (Wildman–Crippen LogP) is 3.43. The van der Waals surface area contributed by atoms with Crippen molar-refractivity contribution in [2.45, 2.75) is 13.0 Å². The third kappa shape index (κ3) is 3.38. The average Bonchev–Trinajstić information content (AvgIpc) is 2.61. The van der Waals surface area contributed by atoms with Gasteiger partial charge in [-0.25, -0.2) is 9.18 Å². The summed E-state index contributed by atoms with van der Waals surface area (Å²) in [5.41, 5.74) is 0.162. The van der Waals surface area contributed by atoms with Crippen molar-refractivity contribution in [1.82, 2.24) is 5.32 Å². The number of carbonyl (C=O) groups is 1. The van der Waals surface area contributed by atoms with Crippen LogP contribution in [0, 0.1) is 5.82 Å². The van der Waals surface area contributed by atoms with Crippen LogP contribution < -0.4 is 15.7 Å². The molecule has 0 aliphatic rings. The number of amides is 1. The standard InChI is InChI=1S/C19H16FNO4/c1-11(12-6-8-14(20)9-7-12)21-18(22)15-10-13-4-3-5-16(24-2)17(13)25-19(15)23/h3-11H,1-2H3,(H,21,22). The molecule has 2 aromatic carbocycles. The Morgan fingerprint density at radius 2 is 1.92 bits per heavy atom. The zero-order chi connectivity index (χ0) is 18.0. The summed E-state index contributed by atoms with van der Waals surface area (Å²) < 4.78 is 23.4. The minimum absolute atomic E-state index is 0.102. The topological polar surface area (TPSA) is 68.5 Å². The van der Waals surface area contributed by atoms with Crippen LogP contribution in [0.5, 0.6) is 5.75 Å². The van der Waals surface area contributed by atoms with E-state index < -0.39 is 17.6 Å². The SMILES string of the molecule is COc1cccc2cc(C(=O)NC(C)c3ccc(F)cc3)c(=O)oc12. The first-order chi connectivity index (χ1) is 12.0. The largest absolute Gasteiger partial charge is 0.493 e. The summed E-state index contributed by atoms with van der Waals surface area (Å²) in [5.74, 6) is -0.497. The van der Waals surface area contributed by atoms with Gasteiger partial charge in [0.05, 0.1) is 13.2 Å². The number of nitrogens with one attached hydrogen (secondary N) is 1. The maximum absolute atomic E-state index is 13.0. The number of hydrogen-bond acceptors (Lipinski definition) is 4. The highest BCUT2D eigenvalue weighted by Gasteiger charge is 2.18. The number of fused-ring (bicyclic) bond motifs is 1. The van der Waals surface area contributed by atoms with Crippen LogP contribution in [0.25, 0.3) is 11.0 Å². The molecule has 0 aliphatic carbocycles. The maximum Gasteiger partial charge on any atom is 0.349 e. The van der Waals surface area contributed by atoms with E-state index in [1.807, 2.05) is 0 Å². The molecular formula is C19H16FNO4. The average molecular weight is 341 g/mol. The molecule has 0 radical (unpaired) electrons. The number of carbonyl (C=O) groups excluding carboxylic acids is 1. The first kappa shape index (κ1) is 16.7. The molecule has 0 saturated carbocycles. The number of ether oxygens (including phenoxy) is 1. The molecule has 128 valence electrons. The van der Waals surface area contributed by atoms with Gasteiger partial charge in [-0.3, -0.25) is 4.79 Å². The van der Waals surface area contributed by atoms with Crippen molar-refractivity contribution in [2.24, 2.45) is 0 Å². The van der Waals surface area contributed by atoms with E-state index in [4.69, 9.17) is 9.15 Å². The highest BCUT2D eigenvalue weighted by atomic mass is 19.1. The van der Waals surface area contributed by atoms with Crippen molar-refractivity contribution >= 4 is 16.9 Å². The molecule has 5 nitrogen and oxygen atoms in total. The summed E-state index contributed by atoms with van der Waals surface area (Å²) in [7, 11) is 1.47. The fraction of sp³-hybridized carbons (Fsp3) is 0.158. The van der Waals surface area contributed by atoms with Crippen LogP contribution in [0.1, 0.15) is 28.9 Å². The van der Waals surface area contributed by atoms with E-state index in [2.05, 4.69) is 5.32 Å². The van der Waals surface area contributed by atoms with Crippen molar-refractivity contribution in [3.63, 3.8) is 0 Å². The summed E-state index contributed by atoms with van der Waals surface area (Å²) in [5, 5.41) is 3.30. The second-order valence-electron chi connectivity index (χ2n) is 5.57. The molecular weight excluding hydrogens is 325 g/mol. The first-order valence-electron chi connectivity index (χ1n) is 7.67. The van der Waals surface area contributed by atoms with Crippen molar-refractivity contribution in [3.8, 4) is 5.75 Å². The Kier molecular flexibility index (Phi) is 4.52. The van der Waals surface area contributed by atoms with E-state index in [-0.39, 0.29) is 17.0 Å². The molecule has 0 fully saturated rings. The lowest BCUT2D eigenvalue weighted by Crippen LogP contribution is -2.30. The lowest BCUT2D eigenvalue weighted by molar-refractivity contribution is 0.0936. The molecule has 1 atom stereocenters. The van der Waals surface area contributed by atoms with Crippen molar-refractivity contribution in [1.29, 1.82) is 0 Å². The smallest absolute Gasteiger partial charge is 0.349 e. The van der Waals surface area contributed by atoms with E-state index in [9.17, 15) is 14.0 Å². The molecule has 1 aromatic heterocycles. The van der Waals surface area contributed by atoms with Crippen LogP contribution in [0.15, 0.2) is 57.7 Å². The number of para-hydroxylation sites is 1. The second-order valence-corrected chi connectivity index (χ2v) is 5.57. The third-order valence-electron chi connectivity index (χ3n) is 3.91. The molecule has 0 aliphatic heterocycles. The molecule has 1 amide bonds. The van der Waals surface area contributed by atoms with E-state index >= 15 is 0 Å². The van der Waals surface area contributed by atoms with Gasteiger partial charge in [-0.15, -0.1) is 0 Å². The quantitative estimate of drug-likeness (QED) is 0.738. The number of rotatable bonds is 4. The molecule has 0 saturated heterocycles. The molecule has 3 rings (SSSR count). The number of hydrogen-bond donors (Lipinski definition) is 1. The van der Waals surface area contributed by atoms with Crippen molar-refractivity contribution in [2.75, 3.05) is 7.11 Å². The normalized spacial score (nSPS) is 12.0. The van der Waals surface area contributed by atoms with Gasteiger partial charge < -0.3 is 14.5 Å². The van der Waals surface area contributed by atoms with Crippen molar-refractivity contribution in [3.05, 3.63) is 75.9 Å². The van der Waals surface area contributed by atoms with Crippen molar-refractivity contribution < 1.29 is 18.3 Å². The lowest BCUT2D eigenvalue weighted by atomic mass is 10.1. The maximum atomic E-state index is 13.0. The molecule has 1 heterocycles. The molecule has 0 bridgehead atoms. The Balaban J connectivity index is 1.90. The van der Waals surface area contributed by atoms with Gasteiger partial charge in [0.1, 0.15) is 11.4 Å². The van der Waals surface area contributed by atoms with E-state index in [0.29, 0.717) is 11.1 Å². The lowest BCUT2D eigenvalue weighted by Gasteiger charge is -2.14. The fourth-order valence-electron chi connectivity index (χ4n) is 2.55. The van der Waals surface area contributed by atoms with Crippen LogP contribution in [-0.2, 0) is 0 Å². The van der Waals surface area contributed by atoms with Crippen LogP contribution in [0.4, 0.5) is 4.39 Å². The Labute approximate surface area is 143 Å². The summed E-state index contributed by atoms with van der Waals surface area (Å²) in [6.45, 7) is 1.75. The Morgan fingerprint density at radius 1 is 1.20 bits per heavy atom. The Hall–Kier alpha value is -3.15. The molecule has 0 spiro atoms. The molecule has 3 aromatic rings. The van der Waals surface area contributed by atoms with Crippen LogP contribution in [0.2, 0.25) is 0 Å². The van der Waals surface area contributed by atoms with E-state index in [0.717, 1.165) is 5.56 Å². The fourth-order valence-corrected chi connectivity index (χ4v) is 2.55. The number of benzene rings is 2. The van der Waals surface area contributed by atoms with Gasteiger partial charge in [-0.05, 0) is 36.8 Å². The minimum atomic E-state index is -0.749. The van der Waals surface area contributed by atoms with Gasteiger partial charge in [-0.2, -0.15) is 0 Å². The van der Waals surface area contributed by atoms with Crippen LogP contribution in [0.3, 0.4) is 0 Å². The van der Waals surface area contributed by atoms with E-state index in [1.165, 1.54) is 25.3 Å². The third-order valence-corrected chi connectivity index (χ3v) is 3.91. The molecule has 25 heavy (non-hydrogen) atoms. The van der Waals surface area contributed by atoms with Gasteiger partial charge in [0.15, 0.2) is 11.3 Å². The highest BCUT2D eigenvalue weighted by Crippen LogP contribution is 2.24. The highest BCUT2D eigenvalue weighted by molar-refractivity contribution is 5.97. The zero-order valence-electron chi connectivity index (χ0n) is 13.7. The van der Waals surface area contributed by atoms with Crippen LogP contribution >= 0.6 is 0 Å². The molecule has 1 N–H and O–H groups in total. The summed E-state index contributed by atoms with van der Waals surface area (Å²) in [6, 6.07) is 12.0. The number of methoxy groups -OCH3 is 1. The van der Waals surface area contributed by atoms with Gasteiger partial charge in [0.25, 0.3) is 5.91 Å². The first-order valence-corrected chi connectivity index (χ1v) is 7.67. The van der Waals surface area contributed by atoms with Gasteiger partial charge >= 0.3 is 5.63 Å². The summed E-state index contributed by atoms with van der Waals surface area (Å²) >= 11 is 0. The van der Waals surface area contributed by atoms with Gasteiger partial charge in [-0.1, -0.05) is 24.3 Å². The van der Waals surface area contributed by atoms with Gasteiger partial charge in [0.2, 0.25) is 0 Å².